The Morgan fingerprint density at radius 3 is 2.25 bits per heavy atom. The molecule has 0 aliphatic heterocycles. The Balaban J connectivity index is 1.76. The van der Waals surface area contributed by atoms with E-state index in [1.807, 2.05) is 16.9 Å². The quantitative estimate of drug-likeness (QED) is 0.680. The number of aromatic nitrogens is 3. The number of hydrogen-bond donors (Lipinski definition) is 0. The number of rotatable bonds is 4. The Bertz CT molecular complexity index is 674. The van der Waals surface area contributed by atoms with Crippen molar-refractivity contribution in [3.05, 3.63) is 72.1 Å². The second-order valence-electron chi connectivity index (χ2n) is 4.60. The van der Waals surface area contributed by atoms with Crippen LogP contribution in [0.15, 0.2) is 60.8 Å². The number of hydrogen-bond acceptors (Lipinski definition) is 2. The van der Waals surface area contributed by atoms with Crippen molar-refractivity contribution in [2.75, 3.05) is 0 Å². The van der Waals surface area contributed by atoms with Gasteiger partial charge in [-0.15, -0.1) is 5.10 Å². The molecule has 3 nitrogen and oxygen atoms in total. The van der Waals surface area contributed by atoms with Crippen LogP contribution in [0.5, 0.6) is 0 Å². The molecule has 1 aromatic heterocycles. The van der Waals surface area contributed by atoms with Crippen molar-refractivity contribution in [2.24, 2.45) is 0 Å². The van der Waals surface area contributed by atoms with Crippen molar-refractivity contribution < 1.29 is 0 Å². The van der Waals surface area contributed by atoms with Crippen LogP contribution in [0.4, 0.5) is 0 Å². The highest BCUT2D eigenvalue weighted by Gasteiger charge is 2.01. The zero-order valence-corrected chi connectivity index (χ0v) is 12.5. The highest BCUT2D eigenvalue weighted by atomic mass is 79.9. The number of alkyl halides is 1. The zero-order chi connectivity index (χ0) is 13.8. The largest absolute Gasteiger partial charge is 0.248 e. The minimum absolute atomic E-state index is 0.736. The second-order valence-corrected chi connectivity index (χ2v) is 5.16. The molecule has 4 heteroatoms. The van der Waals surface area contributed by atoms with Crippen LogP contribution in [-0.4, -0.2) is 15.0 Å². The lowest BCUT2D eigenvalue weighted by Crippen LogP contribution is -2.00. The first-order chi connectivity index (χ1) is 9.85. The Morgan fingerprint density at radius 2 is 1.60 bits per heavy atom. The average molecular weight is 328 g/mol. The normalized spacial score (nSPS) is 10.7. The summed E-state index contributed by atoms with van der Waals surface area (Å²) in [6.45, 7) is 0.745. The molecular weight excluding hydrogens is 314 g/mol. The van der Waals surface area contributed by atoms with E-state index in [1.165, 1.54) is 16.7 Å². The monoisotopic (exact) mass is 327 g/mol. The molecule has 2 aromatic carbocycles. The summed E-state index contributed by atoms with van der Waals surface area (Å²) in [4.78, 5) is 0. The molecule has 0 atom stereocenters. The van der Waals surface area contributed by atoms with Gasteiger partial charge in [-0.2, -0.15) is 0 Å². The maximum atomic E-state index is 4.10. The predicted octanol–water partition coefficient (Wildman–Crippen LogP) is 3.89. The fourth-order valence-corrected chi connectivity index (χ4v) is 2.35. The fourth-order valence-electron chi connectivity index (χ4n) is 2.10. The molecule has 0 fully saturated rings. The summed E-state index contributed by atoms with van der Waals surface area (Å²) in [5.41, 5.74) is 4.64. The van der Waals surface area contributed by atoms with E-state index in [0.717, 1.165) is 17.6 Å². The van der Waals surface area contributed by atoms with Crippen molar-refractivity contribution >= 4 is 15.9 Å². The summed E-state index contributed by atoms with van der Waals surface area (Å²) in [5.74, 6) is 0. The first kappa shape index (κ1) is 13.1. The molecule has 0 bridgehead atoms. The molecule has 0 spiro atoms. The third-order valence-corrected chi connectivity index (χ3v) is 3.70. The highest BCUT2D eigenvalue weighted by Crippen LogP contribution is 2.19. The van der Waals surface area contributed by atoms with Crippen LogP contribution in [0.25, 0.3) is 11.1 Å². The summed E-state index contributed by atoms with van der Waals surface area (Å²) < 4.78 is 1.86. The van der Waals surface area contributed by atoms with Crippen molar-refractivity contribution in [3.63, 3.8) is 0 Å². The van der Waals surface area contributed by atoms with Gasteiger partial charge in [0.15, 0.2) is 0 Å². The standard InChI is InChI=1S/C16H14BrN3/c17-10-16-12-20(19-18-16)11-13-6-8-15(9-7-13)14-4-2-1-3-5-14/h1-9,12H,10-11H2. The first-order valence-electron chi connectivity index (χ1n) is 6.44. The van der Waals surface area contributed by atoms with Gasteiger partial charge in [-0.1, -0.05) is 75.7 Å². The van der Waals surface area contributed by atoms with E-state index in [9.17, 15) is 0 Å². The van der Waals surface area contributed by atoms with E-state index < -0.39 is 0 Å². The molecule has 0 amide bonds. The molecule has 0 aliphatic rings. The first-order valence-corrected chi connectivity index (χ1v) is 7.56. The molecule has 0 saturated carbocycles. The minimum atomic E-state index is 0.736. The SMILES string of the molecule is BrCc1cn(Cc2ccc(-c3ccccc3)cc2)nn1. The van der Waals surface area contributed by atoms with E-state index in [1.54, 1.807) is 0 Å². The summed E-state index contributed by atoms with van der Waals surface area (Å²) in [7, 11) is 0. The molecule has 3 rings (SSSR count). The molecular formula is C16H14BrN3. The van der Waals surface area contributed by atoms with Crippen LogP contribution in [0.2, 0.25) is 0 Å². The Hall–Kier alpha value is -1.94. The van der Waals surface area contributed by atoms with Gasteiger partial charge in [0.2, 0.25) is 0 Å². The number of nitrogens with zero attached hydrogens (tertiary/aromatic N) is 3. The predicted molar refractivity (Wildman–Crippen MR) is 83.6 cm³/mol. The summed E-state index contributed by atoms with van der Waals surface area (Å²) >= 11 is 3.38. The third-order valence-electron chi connectivity index (χ3n) is 3.13. The lowest BCUT2D eigenvalue weighted by atomic mass is 10.0. The van der Waals surface area contributed by atoms with E-state index in [2.05, 4.69) is 74.8 Å². The van der Waals surface area contributed by atoms with E-state index in [-0.39, 0.29) is 0 Å². The van der Waals surface area contributed by atoms with Gasteiger partial charge in [0, 0.05) is 11.5 Å². The summed E-state index contributed by atoms with van der Waals surface area (Å²) in [6, 6.07) is 18.9. The Labute approximate surface area is 126 Å². The number of halogens is 1. The van der Waals surface area contributed by atoms with Crippen molar-refractivity contribution in [2.45, 2.75) is 11.9 Å². The maximum absolute atomic E-state index is 4.10. The van der Waals surface area contributed by atoms with Crippen LogP contribution >= 0.6 is 15.9 Å². The van der Waals surface area contributed by atoms with E-state index in [4.69, 9.17) is 0 Å². The van der Waals surface area contributed by atoms with Crippen LogP contribution in [-0.2, 0) is 11.9 Å². The molecule has 0 radical (unpaired) electrons. The molecule has 0 aliphatic carbocycles. The van der Waals surface area contributed by atoms with Crippen LogP contribution in [0, 0.1) is 0 Å². The van der Waals surface area contributed by atoms with Gasteiger partial charge in [0.05, 0.1) is 12.2 Å². The van der Waals surface area contributed by atoms with Crippen LogP contribution in [0.1, 0.15) is 11.3 Å². The van der Waals surface area contributed by atoms with Crippen molar-refractivity contribution in [1.29, 1.82) is 0 Å². The lowest BCUT2D eigenvalue weighted by Gasteiger charge is -2.04. The average Bonchev–Trinajstić information content (AvgIpc) is 2.97. The molecule has 0 saturated heterocycles. The lowest BCUT2D eigenvalue weighted by molar-refractivity contribution is 0.649. The summed E-state index contributed by atoms with van der Waals surface area (Å²) in [5, 5.41) is 8.90. The van der Waals surface area contributed by atoms with Gasteiger partial charge in [0.25, 0.3) is 0 Å². The minimum Gasteiger partial charge on any atom is -0.248 e. The Morgan fingerprint density at radius 1 is 0.900 bits per heavy atom. The molecule has 0 N–H and O–H groups in total. The van der Waals surface area contributed by atoms with Gasteiger partial charge in [0.1, 0.15) is 0 Å². The highest BCUT2D eigenvalue weighted by molar-refractivity contribution is 9.08. The van der Waals surface area contributed by atoms with Crippen LogP contribution < -0.4 is 0 Å². The molecule has 3 aromatic rings. The topological polar surface area (TPSA) is 30.7 Å². The van der Waals surface area contributed by atoms with Crippen molar-refractivity contribution in [3.8, 4) is 11.1 Å². The maximum Gasteiger partial charge on any atom is 0.0932 e. The summed E-state index contributed by atoms with van der Waals surface area (Å²) in [6.07, 6.45) is 1.96. The third kappa shape index (κ3) is 2.96. The van der Waals surface area contributed by atoms with Gasteiger partial charge in [-0.25, -0.2) is 4.68 Å². The molecule has 100 valence electrons. The van der Waals surface area contributed by atoms with Gasteiger partial charge < -0.3 is 0 Å². The fraction of sp³-hybridized carbons (Fsp3) is 0.125. The van der Waals surface area contributed by atoms with Gasteiger partial charge in [-0.3, -0.25) is 0 Å². The van der Waals surface area contributed by atoms with E-state index in [0.29, 0.717) is 0 Å². The smallest absolute Gasteiger partial charge is 0.0932 e. The van der Waals surface area contributed by atoms with Gasteiger partial charge >= 0.3 is 0 Å². The van der Waals surface area contributed by atoms with E-state index >= 15 is 0 Å². The second kappa shape index (κ2) is 6.01. The molecule has 1 heterocycles. The number of benzene rings is 2. The Kier molecular flexibility index (Phi) is 3.92. The molecule has 20 heavy (non-hydrogen) atoms. The molecule has 0 unspecified atom stereocenters. The zero-order valence-electron chi connectivity index (χ0n) is 10.9. The van der Waals surface area contributed by atoms with Crippen LogP contribution in [0.3, 0.4) is 0 Å². The van der Waals surface area contributed by atoms with Gasteiger partial charge in [-0.05, 0) is 16.7 Å². The van der Waals surface area contributed by atoms with Crippen molar-refractivity contribution in [1.82, 2.24) is 15.0 Å².